The van der Waals surface area contributed by atoms with E-state index in [9.17, 15) is 10.2 Å². The number of unbranched alkanes of at least 4 members (excludes halogenated alkanes) is 11. The van der Waals surface area contributed by atoms with Crippen molar-refractivity contribution in [2.45, 2.75) is 109 Å². The smallest absolute Gasteiger partial charge is 0.126 e. The molecule has 1 heterocycles. The van der Waals surface area contributed by atoms with E-state index < -0.39 is 6.10 Å². The molecule has 0 aliphatic carbocycles. The molecular weight excluding hydrogens is 352 g/mol. The highest BCUT2D eigenvalue weighted by Crippen LogP contribution is 2.42. The van der Waals surface area contributed by atoms with Gasteiger partial charge in [0.15, 0.2) is 0 Å². The molecule has 3 N–H and O–H groups in total. The van der Waals surface area contributed by atoms with E-state index in [2.05, 4.69) is 6.92 Å². The Morgan fingerprint density at radius 2 is 1.43 bits per heavy atom. The maximum atomic E-state index is 10.4. The Morgan fingerprint density at radius 3 is 2.00 bits per heavy atom. The molecule has 0 spiro atoms. The van der Waals surface area contributed by atoms with Crippen LogP contribution in [0.5, 0.6) is 11.5 Å². The van der Waals surface area contributed by atoms with Crippen molar-refractivity contribution in [1.82, 2.24) is 0 Å². The molecule has 4 heteroatoms. The van der Waals surface area contributed by atoms with Crippen LogP contribution in [0.25, 0.3) is 0 Å². The van der Waals surface area contributed by atoms with Crippen LogP contribution in [0.2, 0.25) is 0 Å². The van der Waals surface area contributed by atoms with E-state index in [0.717, 1.165) is 19.3 Å². The van der Waals surface area contributed by atoms with E-state index in [1.54, 1.807) is 18.2 Å². The highest BCUT2D eigenvalue weighted by atomic mass is 16.5. The lowest BCUT2D eigenvalue weighted by Gasteiger charge is -2.38. The molecule has 2 rings (SSSR count). The molecule has 28 heavy (non-hydrogen) atoms. The summed E-state index contributed by atoms with van der Waals surface area (Å²) in [6.07, 6.45) is 16.0. The van der Waals surface area contributed by atoms with E-state index in [1.807, 2.05) is 0 Å². The van der Waals surface area contributed by atoms with Gasteiger partial charge in [0, 0.05) is 18.6 Å². The van der Waals surface area contributed by atoms with Crippen molar-refractivity contribution < 1.29 is 20.1 Å². The maximum absolute atomic E-state index is 10.4. The number of hydrogen-bond acceptors (Lipinski definition) is 4. The van der Waals surface area contributed by atoms with Crippen molar-refractivity contribution in [2.75, 3.05) is 6.61 Å². The molecule has 2 atom stereocenters. The van der Waals surface area contributed by atoms with Crippen LogP contribution >= 0.6 is 0 Å². The van der Waals surface area contributed by atoms with Gasteiger partial charge in [0.1, 0.15) is 17.1 Å². The van der Waals surface area contributed by atoms with Gasteiger partial charge < -0.3 is 20.1 Å². The highest BCUT2D eigenvalue weighted by molar-refractivity contribution is 5.43. The summed E-state index contributed by atoms with van der Waals surface area (Å²) in [4.78, 5) is 0. The predicted octanol–water partition coefficient (Wildman–Crippen LogP) is 6.03. The van der Waals surface area contributed by atoms with E-state index in [1.165, 1.54) is 64.2 Å². The molecule has 2 unspecified atom stereocenters. The largest absolute Gasteiger partial charge is 0.508 e. The van der Waals surface area contributed by atoms with Crippen molar-refractivity contribution in [3.05, 3.63) is 23.8 Å². The summed E-state index contributed by atoms with van der Waals surface area (Å²) in [6, 6.07) is 4.99. The lowest BCUT2D eigenvalue weighted by atomic mass is 9.86. The normalized spacial score (nSPS) is 21.3. The molecule has 4 nitrogen and oxygen atoms in total. The Kier molecular flexibility index (Phi) is 10.1. The number of aliphatic hydroxyl groups excluding tert-OH is 2. The zero-order valence-corrected chi connectivity index (χ0v) is 17.7. The standard InChI is InChI=1S/C24H40O4/c1-24(19-22(27)21-18-20(26)14-15-23(21)28-24)16-12-10-8-6-4-2-3-5-7-9-11-13-17-25/h14-15,18,22,25-27H,2-13,16-17,19H2,1H3. The fourth-order valence-corrected chi connectivity index (χ4v) is 4.25. The summed E-state index contributed by atoms with van der Waals surface area (Å²) < 4.78 is 6.17. The van der Waals surface area contributed by atoms with E-state index in [-0.39, 0.29) is 11.4 Å². The zero-order valence-electron chi connectivity index (χ0n) is 17.7. The number of fused-ring (bicyclic) bond motifs is 1. The zero-order chi connectivity index (χ0) is 20.2. The average molecular weight is 393 g/mol. The monoisotopic (exact) mass is 392 g/mol. The van der Waals surface area contributed by atoms with Crippen molar-refractivity contribution in [3.63, 3.8) is 0 Å². The van der Waals surface area contributed by atoms with E-state index in [4.69, 9.17) is 9.84 Å². The molecule has 1 aliphatic heterocycles. The quantitative estimate of drug-likeness (QED) is 0.338. The Hall–Kier alpha value is -1.26. The van der Waals surface area contributed by atoms with Gasteiger partial charge in [-0.05, 0) is 44.4 Å². The van der Waals surface area contributed by atoms with Crippen molar-refractivity contribution in [2.24, 2.45) is 0 Å². The second-order valence-corrected chi connectivity index (χ2v) is 8.71. The first kappa shape index (κ1) is 23.0. The van der Waals surface area contributed by atoms with Crippen molar-refractivity contribution >= 4 is 0 Å². The van der Waals surface area contributed by atoms with Crippen LogP contribution in [-0.2, 0) is 0 Å². The number of phenols is 1. The van der Waals surface area contributed by atoms with Crippen LogP contribution < -0.4 is 4.74 Å². The minimum atomic E-state index is -0.565. The summed E-state index contributed by atoms with van der Waals surface area (Å²) in [6.45, 7) is 2.43. The summed E-state index contributed by atoms with van der Waals surface area (Å²) in [5.41, 5.74) is 0.380. The summed E-state index contributed by atoms with van der Waals surface area (Å²) in [5, 5.41) is 28.8. The molecule has 0 radical (unpaired) electrons. The molecule has 1 aromatic carbocycles. The van der Waals surface area contributed by atoms with Crippen LogP contribution in [0.4, 0.5) is 0 Å². The molecule has 0 saturated heterocycles. The van der Waals surface area contributed by atoms with Crippen LogP contribution in [0.1, 0.15) is 108 Å². The second kappa shape index (κ2) is 12.3. The van der Waals surface area contributed by atoms with Gasteiger partial charge >= 0.3 is 0 Å². The first-order valence-electron chi connectivity index (χ1n) is 11.3. The summed E-state index contributed by atoms with van der Waals surface area (Å²) >= 11 is 0. The highest BCUT2D eigenvalue weighted by Gasteiger charge is 2.36. The van der Waals surface area contributed by atoms with Crippen molar-refractivity contribution in [1.29, 1.82) is 0 Å². The summed E-state index contributed by atoms with van der Waals surface area (Å²) in [7, 11) is 0. The third-order valence-corrected chi connectivity index (χ3v) is 5.95. The molecule has 0 saturated carbocycles. The van der Waals surface area contributed by atoms with Crippen molar-refractivity contribution in [3.8, 4) is 11.5 Å². The van der Waals surface area contributed by atoms with Gasteiger partial charge in [0.2, 0.25) is 0 Å². The Bertz CT molecular complexity index is 560. The first-order chi connectivity index (χ1) is 13.5. The number of ether oxygens (including phenoxy) is 1. The molecule has 0 bridgehead atoms. The maximum Gasteiger partial charge on any atom is 0.126 e. The summed E-state index contributed by atoms with van der Waals surface area (Å²) in [5.74, 6) is 0.877. The second-order valence-electron chi connectivity index (χ2n) is 8.71. The van der Waals surface area contributed by atoms with Gasteiger partial charge in [-0.25, -0.2) is 0 Å². The number of rotatable bonds is 14. The molecular formula is C24H40O4. The lowest BCUT2D eigenvalue weighted by molar-refractivity contribution is -0.00866. The Morgan fingerprint density at radius 1 is 0.893 bits per heavy atom. The predicted molar refractivity (Wildman–Crippen MR) is 114 cm³/mol. The molecule has 0 fully saturated rings. The molecule has 0 amide bonds. The van der Waals surface area contributed by atoms with Gasteiger partial charge in [0.25, 0.3) is 0 Å². The fraction of sp³-hybridized carbons (Fsp3) is 0.750. The Labute approximate surface area is 170 Å². The molecule has 160 valence electrons. The van der Waals surface area contributed by atoms with Crippen LogP contribution in [0.15, 0.2) is 18.2 Å². The SMILES string of the molecule is CC1(CCCCCCCCCCCCCCO)CC(O)c2cc(O)ccc2O1. The molecule has 0 aromatic heterocycles. The van der Waals surface area contributed by atoms with Crippen LogP contribution in [0.3, 0.4) is 0 Å². The fourth-order valence-electron chi connectivity index (χ4n) is 4.25. The number of hydrogen-bond donors (Lipinski definition) is 3. The minimum Gasteiger partial charge on any atom is -0.508 e. The number of aromatic hydroxyl groups is 1. The third-order valence-electron chi connectivity index (χ3n) is 5.95. The average Bonchev–Trinajstić information content (AvgIpc) is 2.66. The van der Waals surface area contributed by atoms with E-state index in [0.29, 0.717) is 24.3 Å². The topological polar surface area (TPSA) is 69.9 Å². The van der Waals surface area contributed by atoms with Crippen LogP contribution in [0, 0.1) is 0 Å². The van der Waals surface area contributed by atoms with Gasteiger partial charge in [0.05, 0.1) is 6.10 Å². The van der Waals surface area contributed by atoms with Gasteiger partial charge in [-0.1, -0.05) is 64.2 Å². The van der Waals surface area contributed by atoms with Gasteiger partial charge in [-0.15, -0.1) is 0 Å². The Balaban J connectivity index is 1.51. The minimum absolute atomic E-state index is 0.173. The number of benzene rings is 1. The van der Waals surface area contributed by atoms with Gasteiger partial charge in [-0.2, -0.15) is 0 Å². The van der Waals surface area contributed by atoms with Gasteiger partial charge in [-0.3, -0.25) is 0 Å². The first-order valence-corrected chi connectivity index (χ1v) is 11.3. The molecule has 1 aromatic rings. The van der Waals surface area contributed by atoms with E-state index >= 15 is 0 Å². The third kappa shape index (κ3) is 8.00. The molecule has 1 aliphatic rings. The lowest BCUT2D eigenvalue weighted by Crippen LogP contribution is -2.38. The number of aliphatic hydroxyl groups is 2. The number of phenolic OH excluding ortho intramolecular Hbond substituents is 1. The van der Waals surface area contributed by atoms with Crippen LogP contribution in [-0.4, -0.2) is 27.5 Å².